The first kappa shape index (κ1) is 16.9. The van der Waals surface area contributed by atoms with Crippen molar-refractivity contribution in [1.29, 1.82) is 0 Å². The fraction of sp³-hybridized carbons (Fsp3) is 0.154. The lowest BCUT2D eigenvalue weighted by molar-refractivity contribution is 1.22. The predicted octanol–water partition coefficient (Wildman–Crippen LogP) is 7.14. The van der Waals surface area contributed by atoms with Crippen LogP contribution in [0, 0.1) is 27.7 Å². The minimum Gasteiger partial charge on any atom is -0.398 e. The van der Waals surface area contributed by atoms with Gasteiger partial charge in [0.2, 0.25) is 0 Å². The highest BCUT2D eigenvalue weighted by molar-refractivity contribution is 6.27. The van der Waals surface area contributed by atoms with Gasteiger partial charge in [-0.05, 0) is 89.7 Å². The van der Waals surface area contributed by atoms with Gasteiger partial charge in [-0.3, -0.25) is 0 Å². The molecule has 0 unspecified atom stereocenters. The number of nitrogens with one attached hydrogen (secondary N) is 1. The summed E-state index contributed by atoms with van der Waals surface area (Å²) < 4.78 is 0. The SMILES string of the molecule is Cc1cc(Nc2ccc3ccc4c(N)ccc5ccc2c3c54)c(C)c(C)c1C. The van der Waals surface area contributed by atoms with Crippen LogP contribution in [0.1, 0.15) is 22.3 Å². The van der Waals surface area contributed by atoms with E-state index in [0.29, 0.717) is 0 Å². The molecule has 0 bridgehead atoms. The largest absolute Gasteiger partial charge is 0.398 e. The molecule has 2 nitrogen and oxygen atoms in total. The zero-order valence-corrected chi connectivity index (χ0v) is 16.8. The molecule has 138 valence electrons. The Balaban J connectivity index is 1.79. The normalized spacial score (nSPS) is 11.7. The minimum atomic E-state index is 0.834. The van der Waals surface area contributed by atoms with Crippen molar-refractivity contribution in [3.63, 3.8) is 0 Å². The van der Waals surface area contributed by atoms with Crippen molar-refractivity contribution in [3.8, 4) is 0 Å². The summed E-state index contributed by atoms with van der Waals surface area (Å²) in [6.07, 6.45) is 0. The van der Waals surface area contributed by atoms with Crippen molar-refractivity contribution in [3.05, 3.63) is 76.9 Å². The molecule has 0 aromatic heterocycles. The first-order valence-corrected chi connectivity index (χ1v) is 9.76. The van der Waals surface area contributed by atoms with Crippen molar-refractivity contribution in [2.75, 3.05) is 11.1 Å². The van der Waals surface area contributed by atoms with Gasteiger partial charge in [-0.25, -0.2) is 0 Å². The molecule has 0 atom stereocenters. The van der Waals surface area contributed by atoms with Gasteiger partial charge in [-0.1, -0.05) is 36.4 Å². The van der Waals surface area contributed by atoms with E-state index in [2.05, 4.69) is 81.5 Å². The van der Waals surface area contributed by atoms with Crippen LogP contribution in [0.3, 0.4) is 0 Å². The molecule has 0 radical (unpaired) electrons. The molecular formula is C26H24N2. The number of hydrogen-bond acceptors (Lipinski definition) is 2. The molecule has 0 saturated carbocycles. The van der Waals surface area contributed by atoms with Crippen LogP contribution in [0.25, 0.3) is 32.3 Å². The Bertz CT molecular complexity index is 1380. The average molecular weight is 364 g/mol. The maximum atomic E-state index is 6.28. The molecule has 0 heterocycles. The van der Waals surface area contributed by atoms with E-state index in [9.17, 15) is 0 Å². The zero-order valence-electron chi connectivity index (χ0n) is 16.8. The van der Waals surface area contributed by atoms with Gasteiger partial charge in [0.15, 0.2) is 0 Å². The van der Waals surface area contributed by atoms with Gasteiger partial charge in [0, 0.05) is 27.8 Å². The zero-order chi connectivity index (χ0) is 19.6. The van der Waals surface area contributed by atoms with Crippen LogP contribution in [-0.2, 0) is 0 Å². The summed E-state index contributed by atoms with van der Waals surface area (Å²) in [5.41, 5.74) is 14.8. The third-order valence-corrected chi connectivity index (χ3v) is 6.45. The minimum absolute atomic E-state index is 0.834. The predicted molar refractivity (Wildman–Crippen MR) is 123 cm³/mol. The van der Waals surface area contributed by atoms with Crippen molar-refractivity contribution < 1.29 is 0 Å². The summed E-state index contributed by atoms with van der Waals surface area (Å²) in [6, 6.07) is 19.5. The number of aryl methyl sites for hydroxylation is 1. The fourth-order valence-corrected chi connectivity index (χ4v) is 4.42. The average Bonchev–Trinajstić information content (AvgIpc) is 2.71. The molecule has 5 rings (SSSR count). The van der Waals surface area contributed by atoms with E-state index in [1.54, 1.807) is 0 Å². The number of rotatable bonds is 2. The van der Waals surface area contributed by atoms with Gasteiger partial charge in [-0.15, -0.1) is 0 Å². The monoisotopic (exact) mass is 364 g/mol. The summed E-state index contributed by atoms with van der Waals surface area (Å²) in [6.45, 7) is 8.78. The lowest BCUT2D eigenvalue weighted by Crippen LogP contribution is -2.00. The van der Waals surface area contributed by atoms with E-state index < -0.39 is 0 Å². The fourth-order valence-electron chi connectivity index (χ4n) is 4.42. The Morgan fingerprint density at radius 1 is 0.607 bits per heavy atom. The lowest BCUT2D eigenvalue weighted by Gasteiger charge is -2.19. The van der Waals surface area contributed by atoms with Crippen LogP contribution in [0.15, 0.2) is 54.6 Å². The first-order chi connectivity index (χ1) is 13.5. The molecule has 0 aliphatic rings. The van der Waals surface area contributed by atoms with Gasteiger partial charge >= 0.3 is 0 Å². The second-order valence-corrected chi connectivity index (χ2v) is 7.93. The summed E-state index contributed by atoms with van der Waals surface area (Å²) in [5, 5.41) is 11.1. The highest BCUT2D eigenvalue weighted by Gasteiger charge is 2.14. The van der Waals surface area contributed by atoms with Crippen LogP contribution in [0.5, 0.6) is 0 Å². The van der Waals surface area contributed by atoms with Crippen LogP contribution in [-0.4, -0.2) is 0 Å². The van der Waals surface area contributed by atoms with E-state index in [4.69, 9.17) is 5.73 Å². The summed E-state index contributed by atoms with van der Waals surface area (Å²) in [7, 11) is 0. The number of hydrogen-bond donors (Lipinski definition) is 2. The topological polar surface area (TPSA) is 38.0 Å². The molecule has 0 fully saturated rings. The molecule has 5 aromatic rings. The van der Waals surface area contributed by atoms with Crippen molar-refractivity contribution in [2.45, 2.75) is 27.7 Å². The molecular weight excluding hydrogens is 340 g/mol. The Labute approximate surface area is 165 Å². The Kier molecular flexibility index (Phi) is 3.54. The summed E-state index contributed by atoms with van der Waals surface area (Å²) in [4.78, 5) is 0. The quantitative estimate of drug-likeness (QED) is 0.258. The molecule has 0 aliphatic carbocycles. The van der Waals surface area contributed by atoms with Crippen LogP contribution >= 0.6 is 0 Å². The van der Waals surface area contributed by atoms with E-state index in [0.717, 1.165) is 16.8 Å². The second kappa shape index (κ2) is 5.87. The summed E-state index contributed by atoms with van der Waals surface area (Å²) >= 11 is 0. The second-order valence-electron chi connectivity index (χ2n) is 7.93. The summed E-state index contributed by atoms with van der Waals surface area (Å²) in [5.74, 6) is 0. The van der Waals surface area contributed by atoms with E-state index >= 15 is 0 Å². The maximum Gasteiger partial charge on any atom is 0.0464 e. The van der Waals surface area contributed by atoms with Crippen LogP contribution < -0.4 is 11.1 Å². The van der Waals surface area contributed by atoms with E-state index in [1.165, 1.54) is 54.9 Å². The van der Waals surface area contributed by atoms with Crippen LogP contribution in [0.4, 0.5) is 17.1 Å². The molecule has 5 aromatic carbocycles. The number of anilines is 3. The Morgan fingerprint density at radius 2 is 1.21 bits per heavy atom. The first-order valence-electron chi connectivity index (χ1n) is 9.76. The Morgan fingerprint density at radius 3 is 1.96 bits per heavy atom. The lowest BCUT2D eigenvalue weighted by atomic mass is 9.92. The smallest absolute Gasteiger partial charge is 0.0464 e. The van der Waals surface area contributed by atoms with Crippen molar-refractivity contribution in [2.24, 2.45) is 0 Å². The van der Waals surface area contributed by atoms with Gasteiger partial charge in [0.1, 0.15) is 0 Å². The molecule has 0 spiro atoms. The number of nitrogens with two attached hydrogens (primary N) is 1. The van der Waals surface area contributed by atoms with Gasteiger partial charge < -0.3 is 11.1 Å². The van der Waals surface area contributed by atoms with Crippen molar-refractivity contribution >= 4 is 49.4 Å². The number of nitrogen functional groups attached to an aromatic ring is 1. The maximum absolute atomic E-state index is 6.28. The molecule has 28 heavy (non-hydrogen) atoms. The molecule has 0 aliphatic heterocycles. The van der Waals surface area contributed by atoms with E-state index in [-0.39, 0.29) is 0 Å². The highest BCUT2D eigenvalue weighted by atomic mass is 14.9. The highest BCUT2D eigenvalue weighted by Crippen LogP contribution is 2.40. The van der Waals surface area contributed by atoms with Gasteiger partial charge in [0.25, 0.3) is 0 Å². The molecule has 2 heteroatoms. The molecule has 0 amide bonds. The van der Waals surface area contributed by atoms with Gasteiger partial charge in [-0.2, -0.15) is 0 Å². The molecule has 3 N–H and O–H groups in total. The standard InChI is InChI=1S/C26H24N2/c1-14-13-24(17(4)16(3)15(14)2)28-23-12-8-19-5-9-20-22(27)11-7-18-6-10-21(23)26(19)25(18)20/h5-13,28H,27H2,1-4H3. The van der Waals surface area contributed by atoms with Crippen molar-refractivity contribution in [1.82, 2.24) is 0 Å². The third kappa shape index (κ3) is 2.27. The Hall–Kier alpha value is -3.26. The van der Waals surface area contributed by atoms with Gasteiger partial charge in [0.05, 0.1) is 0 Å². The van der Waals surface area contributed by atoms with Crippen LogP contribution in [0.2, 0.25) is 0 Å². The third-order valence-electron chi connectivity index (χ3n) is 6.45. The number of benzene rings is 5. The van der Waals surface area contributed by atoms with E-state index in [1.807, 2.05) is 6.07 Å². The molecule has 0 saturated heterocycles.